The van der Waals surface area contributed by atoms with Crippen molar-refractivity contribution in [2.75, 3.05) is 5.32 Å². The monoisotopic (exact) mass is 488 g/mol. The molecular weight excluding hydrogens is 464 g/mol. The Hall–Kier alpha value is -3.06. The Morgan fingerprint density at radius 2 is 1.97 bits per heavy atom. The van der Waals surface area contributed by atoms with Crippen molar-refractivity contribution >= 4 is 23.5 Å². The van der Waals surface area contributed by atoms with Gasteiger partial charge in [-0.1, -0.05) is 42.0 Å². The van der Waals surface area contributed by atoms with Gasteiger partial charge in [0, 0.05) is 0 Å². The molecule has 0 bridgehead atoms. The van der Waals surface area contributed by atoms with Crippen molar-refractivity contribution in [3.63, 3.8) is 0 Å². The number of ether oxygens (including phenoxy) is 1. The Kier molecular flexibility index (Phi) is 9.92. The number of hydrogen-bond acceptors (Lipinski definition) is 5. The number of hydrogen-bond donors (Lipinski definition) is 2. The van der Waals surface area contributed by atoms with Crippen LogP contribution in [0.1, 0.15) is 40.2 Å². The van der Waals surface area contributed by atoms with Crippen molar-refractivity contribution in [2.45, 2.75) is 58.5 Å². The van der Waals surface area contributed by atoms with Crippen molar-refractivity contribution in [3.05, 3.63) is 58.6 Å². The van der Waals surface area contributed by atoms with Gasteiger partial charge in [0.2, 0.25) is 0 Å². The largest absolute Gasteiger partial charge is 0.444 e. The molecular formula is C22H25ClF4N4O2. The van der Waals surface area contributed by atoms with Crippen LogP contribution in [0.15, 0.2) is 42.0 Å². The minimum absolute atomic E-state index is 0.184. The first-order chi connectivity index (χ1) is 15.2. The molecule has 0 aliphatic carbocycles. The summed E-state index contributed by atoms with van der Waals surface area (Å²) in [5, 5.41) is 13.9. The zero-order valence-corrected chi connectivity index (χ0v) is 19.5. The van der Waals surface area contributed by atoms with E-state index in [9.17, 15) is 22.4 Å². The fourth-order valence-electron chi connectivity index (χ4n) is 2.43. The van der Waals surface area contributed by atoms with E-state index in [1.807, 2.05) is 0 Å². The molecule has 0 aliphatic heterocycles. The molecule has 0 saturated heterocycles. The van der Waals surface area contributed by atoms with Crippen molar-refractivity contribution in [1.82, 2.24) is 10.3 Å². The van der Waals surface area contributed by atoms with E-state index in [0.717, 1.165) is 24.3 Å². The maximum absolute atomic E-state index is 14.4. The highest BCUT2D eigenvalue weighted by atomic mass is 35.5. The van der Waals surface area contributed by atoms with E-state index in [0.29, 0.717) is 0 Å². The third-order valence-corrected chi connectivity index (χ3v) is 4.19. The topological polar surface area (TPSA) is 87.0 Å². The number of carbonyl (C=O) groups excluding carboxylic acids is 1. The highest BCUT2D eigenvalue weighted by Gasteiger charge is 2.31. The van der Waals surface area contributed by atoms with E-state index in [1.54, 1.807) is 26.8 Å². The van der Waals surface area contributed by atoms with Crippen molar-refractivity contribution in [2.24, 2.45) is 0 Å². The van der Waals surface area contributed by atoms with Crippen molar-refractivity contribution in [3.8, 4) is 6.07 Å². The van der Waals surface area contributed by atoms with Gasteiger partial charge in [-0.3, -0.25) is 0 Å². The Morgan fingerprint density at radius 3 is 2.48 bits per heavy atom. The smallest absolute Gasteiger partial charge is 0.416 e. The molecule has 33 heavy (non-hydrogen) atoms. The van der Waals surface area contributed by atoms with Crippen LogP contribution >= 0.6 is 11.6 Å². The van der Waals surface area contributed by atoms with Gasteiger partial charge in [0.1, 0.15) is 16.8 Å². The molecule has 11 heteroatoms. The van der Waals surface area contributed by atoms with E-state index in [-0.39, 0.29) is 16.5 Å². The molecule has 0 spiro atoms. The molecule has 180 valence electrons. The fourth-order valence-corrected chi connectivity index (χ4v) is 2.61. The average Bonchev–Trinajstić information content (AvgIpc) is 2.66. The van der Waals surface area contributed by atoms with Crippen LogP contribution in [0.3, 0.4) is 0 Å². The number of nitrogens with one attached hydrogen (secondary N) is 2. The number of halogens is 5. The quantitative estimate of drug-likeness (QED) is 0.277. The number of nitriles is 1. The van der Waals surface area contributed by atoms with Crippen LogP contribution in [0.25, 0.3) is 0 Å². The SMILES string of the molecule is C\C=C/C(=C\C=C\[C@@H](Nc1nc(Cl)c(C#N)cc1F)[C@H](C)NC(=O)OC(C)(C)C)C(F)(F)F. The summed E-state index contributed by atoms with van der Waals surface area (Å²) in [7, 11) is 0. The second-order valence-electron chi connectivity index (χ2n) is 7.88. The minimum atomic E-state index is -4.57. The van der Waals surface area contributed by atoms with Crippen molar-refractivity contribution in [1.29, 1.82) is 5.26 Å². The molecule has 1 aromatic heterocycles. The number of rotatable bonds is 7. The van der Waals surface area contributed by atoms with Gasteiger partial charge in [0.05, 0.1) is 23.2 Å². The van der Waals surface area contributed by atoms with Crippen LogP contribution in [0.2, 0.25) is 5.15 Å². The first-order valence-corrected chi connectivity index (χ1v) is 10.2. The number of anilines is 1. The third kappa shape index (κ3) is 9.53. The lowest BCUT2D eigenvalue weighted by atomic mass is 10.1. The van der Waals surface area contributed by atoms with E-state index in [2.05, 4.69) is 15.6 Å². The van der Waals surface area contributed by atoms with E-state index < -0.39 is 41.3 Å². The maximum Gasteiger partial charge on any atom is 0.416 e. The Labute approximate surface area is 195 Å². The zero-order chi connectivity index (χ0) is 25.4. The molecule has 1 heterocycles. The molecule has 0 saturated carbocycles. The highest BCUT2D eigenvalue weighted by Crippen LogP contribution is 2.27. The van der Waals surface area contributed by atoms with Crippen LogP contribution in [0.4, 0.5) is 28.2 Å². The van der Waals surface area contributed by atoms with Crippen LogP contribution < -0.4 is 10.6 Å². The lowest BCUT2D eigenvalue weighted by molar-refractivity contribution is -0.0881. The molecule has 1 aromatic rings. The van der Waals surface area contributed by atoms with E-state index >= 15 is 0 Å². The summed E-state index contributed by atoms with van der Waals surface area (Å²) in [6, 6.07) is 0.851. The standard InChI is InChI=1S/C22H25ClF4N4O2/c1-6-8-15(22(25,26)27)9-7-10-17(13(2)29-20(32)33-21(3,4)5)30-19-16(24)11-14(12-28)18(23)31-19/h6-11,13,17H,1-5H3,(H,29,32)(H,30,31)/b8-6-,10-7+,15-9+/t13-,17+/m0/s1. The van der Waals surface area contributed by atoms with Gasteiger partial charge in [0.25, 0.3) is 0 Å². The third-order valence-electron chi connectivity index (χ3n) is 3.90. The maximum atomic E-state index is 14.4. The second kappa shape index (κ2) is 11.7. The number of alkyl carbamates (subject to hydrolysis) is 1. The number of amides is 1. The molecule has 0 aromatic carbocycles. The van der Waals surface area contributed by atoms with Gasteiger partial charge in [-0.25, -0.2) is 14.2 Å². The molecule has 1 amide bonds. The number of carbonyl (C=O) groups is 1. The Balaban J connectivity index is 3.27. The Bertz CT molecular complexity index is 976. The number of allylic oxidation sites excluding steroid dienone is 5. The Morgan fingerprint density at radius 1 is 1.33 bits per heavy atom. The number of aromatic nitrogens is 1. The van der Waals surface area contributed by atoms with Crippen LogP contribution in [0.5, 0.6) is 0 Å². The molecule has 0 fully saturated rings. The normalized spacial score (nSPS) is 14.8. The highest BCUT2D eigenvalue weighted by molar-refractivity contribution is 6.30. The molecule has 0 radical (unpaired) electrons. The minimum Gasteiger partial charge on any atom is -0.444 e. The number of alkyl halides is 3. The molecule has 2 atom stereocenters. The summed E-state index contributed by atoms with van der Waals surface area (Å²) in [6.07, 6.45) is 0.0481. The van der Waals surface area contributed by atoms with E-state index in [1.165, 1.54) is 26.0 Å². The predicted octanol–water partition coefficient (Wildman–Crippen LogP) is 6.06. The predicted molar refractivity (Wildman–Crippen MR) is 118 cm³/mol. The van der Waals surface area contributed by atoms with Crippen LogP contribution in [-0.4, -0.2) is 34.9 Å². The van der Waals surface area contributed by atoms with Crippen LogP contribution in [0, 0.1) is 17.1 Å². The fraction of sp³-hybridized carbons (Fsp3) is 0.409. The summed E-state index contributed by atoms with van der Waals surface area (Å²) >= 11 is 5.86. The van der Waals surface area contributed by atoms with Crippen LogP contribution in [-0.2, 0) is 4.74 Å². The van der Waals surface area contributed by atoms with Crippen molar-refractivity contribution < 1.29 is 27.1 Å². The average molecular weight is 489 g/mol. The van der Waals surface area contributed by atoms with E-state index in [4.69, 9.17) is 21.6 Å². The van der Waals surface area contributed by atoms with Gasteiger partial charge < -0.3 is 15.4 Å². The lowest BCUT2D eigenvalue weighted by Crippen LogP contribution is -2.46. The first-order valence-electron chi connectivity index (χ1n) is 9.78. The second-order valence-corrected chi connectivity index (χ2v) is 8.24. The zero-order valence-electron chi connectivity index (χ0n) is 18.7. The summed E-state index contributed by atoms with van der Waals surface area (Å²) in [6.45, 7) is 7.97. The molecule has 2 N–H and O–H groups in total. The molecule has 0 unspecified atom stereocenters. The van der Waals surface area contributed by atoms with Gasteiger partial charge in [-0.2, -0.15) is 18.4 Å². The summed E-state index contributed by atoms with van der Waals surface area (Å²) < 4.78 is 58.9. The lowest BCUT2D eigenvalue weighted by Gasteiger charge is -2.26. The van der Waals surface area contributed by atoms with Gasteiger partial charge in [-0.05, 0) is 40.7 Å². The molecule has 0 aliphatic rings. The number of nitrogens with zero attached hydrogens (tertiary/aromatic N) is 2. The van der Waals surface area contributed by atoms with Gasteiger partial charge in [0.15, 0.2) is 11.6 Å². The number of pyridine rings is 1. The summed E-state index contributed by atoms with van der Waals surface area (Å²) in [5.74, 6) is -1.25. The summed E-state index contributed by atoms with van der Waals surface area (Å²) in [5.41, 5.74) is -1.87. The van der Waals surface area contributed by atoms with Gasteiger partial charge >= 0.3 is 12.3 Å². The summed E-state index contributed by atoms with van der Waals surface area (Å²) in [4.78, 5) is 15.9. The first kappa shape index (κ1) is 28.0. The molecule has 1 rings (SSSR count). The van der Waals surface area contributed by atoms with Gasteiger partial charge in [-0.15, -0.1) is 0 Å². The molecule has 6 nitrogen and oxygen atoms in total.